The highest BCUT2D eigenvalue weighted by Gasteiger charge is 2.39. The molecule has 34 heavy (non-hydrogen) atoms. The molecule has 4 amide bonds. The Morgan fingerprint density at radius 1 is 1.15 bits per heavy atom. The summed E-state index contributed by atoms with van der Waals surface area (Å²) in [6, 6.07) is 6.26. The zero-order valence-electron chi connectivity index (χ0n) is 17.6. The third-order valence-corrected chi connectivity index (χ3v) is 5.78. The second kappa shape index (κ2) is 8.88. The standard InChI is InChI=1S/C23H19F4N3O4/c24-15-3-1-2-12(9-15)17(10-23(25,26)27)28-20(32)13-4-5-16-14(8-13)11-30(22(16)34)18-6-7-19(31)29-21(18)33/h1-5,8-9,17-18H,6-7,10-11H2,(H,28,32)(H,29,31,33)/t17-,18?/m0/s1. The fraction of sp³-hybridized carbons (Fsp3) is 0.304. The zero-order chi connectivity index (χ0) is 24.6. The van der Waals surface area contributed by atoms with Crippen molar-refractivity contribution in [2.24, 2.45) is 0 Å². The predicted octanol–water partition coefficient (Wildman–Crippen LogP) is 3.01. The van der Waals surface area contributed by atoms with Crippen LogP contribution < -0.4 is 10.6 Å². The number of benzene rings is 2. The number of piperidine rings is 1. The van der Waals surface area contributed by atoms with Gasteiger partial charge in [0.25, 0.3) is 11.8 Å². The third-order valence-electron chi connectivity index (χ3n) is 5.78. The molecule has 1 unspecified atom stereocenters. The number of imide groups is 1. The molecule has 2 N–H and O–H groups in total. The van der Waals surface area contributed by atoms with Gasteiger partial charge in [-0.3, -0.25) is 24.5 Å². The zero-order valence-corrected chi connectivity index (χ0v) is 17.6. The monoisotopic (exact) mass is 477 g/mol. The van der Waals surface area contributed by atoms with Crippen LogP contribution in [-0.2, 0) is 16.1 Å². The molecular formula is C23H19F4N3O4. The first-order valence-electron chi connectivity index (χ1n) is 10.4. The molecular weight excluding hydrogens is 458 g/mol. The molecule has 0 radical (unpaired) electrons. The lowest BCUT2D eigenvalue weighted by atomic mass is 10.0. The quantitative estimate of drug-likeness (QED) is 0.511. The minimum Gasteiger partial charge on any atom is -0.345 e. The van der Waals surface area contributed by atoms with Gasteiger partial charge in [0.2, 0.25) is 11.8 Å². The van der Waals surface area contributed by atoms with E-state index in [-0.39, 0.29) is 36.1 Å². The SMILES string of the molecule is O=C1CCC(N2Cc3cc(C(=O)N[C@@H](CC(F)(F)F)c4cccc(F)c4)ccc3C2=O)C(=O)N1. The molecule has 2 heterocycles. The first kappa shape index (κ1) is 23.4. The highest BCUT2D eigenvalue weighted by Crippen LogP contribution is 2.31. The van der Waals surface area contributed by atoms with Gasteiger partial charge in [-0.2, -0.15) is 13.2 Å². The number of carbonyl (C=O) groups is 4. The van der Waals surface area contributed by atoms with Crippen LogP contribution in [0.5, 0.6) is 0 Å². The molecule has 2 aromatic rings. The molecule has 2 aliphatic heterocycles. The van der Waals surface area contributed by atoms with Crippen LogP contribution in [0.1, 0.15) is 57.1 Å². The third kappa shape index (κ3) is 4.92. The van der Waals surface area contributed by atoms with E-state index in [0.29, 0.717) is 5.56 Å². The maximum absolute atomic E-state index is 13.6. The summed E-state index contributed by atoms with van der Waals surface area (Å²) in [4.78, 5) is 50.4. The lowest BCUT2D eigenvalue weighted by molar-refractivity contribution is -0.140. The number of hydrogen-bond acceptors (Lipinski definition) is 4. The Hall–Kier alpha value is -3.76. The maximum Gasteiger partial charge on any atom is 0.391 e. The first-order chi connectivity index (χ1) is 16.0. The Labute approximate surface area is 191 Å². The van der Waals surface area contributed by atoms with Gasteiger partial charge in [0.1, 0.15) is 11.9 Å². The van der Waals surface area contributed by atoms with E-state index in [9.17, 15) is 36.7 Å². The maximum atomic E-state index is 13.6. The van der Waals surface area contributed by atoms with Crippen molar-refractivity contribution < 1.29 is 36.7 Å². The number of nitrogens with one attached hydrogen (secondary N) is 2. The van der Waals surface area contributed by atoms with Gasteiger partial charge >= 0.3 is 6.18 Å². The lowest BCUT2D eigenvalue weighted by Crippen LogP contribution is -2.52. The topological polar surface area (TPSA) is 95.6 Å². The number of nitrogens with zero attached hydrogens (tertiary/aromatic N) is 1. The number of fused-ring (bicyclic) bond motifs is 1. The van der Waals surface area contributed by atoms with Gasteiger partial charge in [-0.1, -0.05) is 12.1 Å². The fourth-order valence-corrected chi connectivity index (χ4v) is 4.16. The smallest absolute Gasteiger partial charge is 0.345 e. The number of alkyl halides is 3. The lowest BCUT2D eigenvalue weighted by Gasteiger charge is -2.29. The fourth-order valence-electron chi connectivity index (χ4n) is 4.16. The number of hydrogen-bond donors (Lipinski definition) is 2. The normalized spacial score (nSPS) is 19.0. The molecule has 178 valence electrons. The highest BCUT2D eigenvalue weighted by atomic mass is 19.4. The van der Waals surface area contributed by atoms with Crippen LogP contribution in [-0.4, -0.2) is 40.7 Å². The summed E-state index contributed by atoms with van der Waals surface area (Å²) in [5.74, 6) is -3.00. The molecule has 7 nitrogen and oxygen atoms in total. The second-order valence-electron chi connectivity index (χ2n) is 8.17. The van der Waals surface area contributed by atoms with Crippen molar-refractivity contribution >= 4 is 23.6 Å². The van der Waals surface area contributed by atoms with Crippen molar-refractivity contribution in [3.05, 3.63) is 70.5 Å². The van der Waals surface area contributed by atoms with Gasteiger partial charge in [-0.15, -0.1) is 0 Å². The summed E-state index contributed by atoms with van der Waals surface area (Å²) < 4.78 is 52.9. The van der Waals surface area contributed by atoms with Crippen LogP contribution in [0.3, 0.4) is 0 Å². The number of halogens is 4. The number of carbonyl (C=O) groups excluding carboxylic acids is 4. The van der Waals surface area contributed by atoms with Crippen molar-refractivity contribution in [2.75, 3.05) is 0 Å². The summed E-state index contributed by atoms with van der Waals surface area (Å²) in [5.41, 5.74) is 0.671. The highest BCUT2D eigenvalue weighted by molar-refractivity contribution is 6.06. The minimum absolute atomic E-state index is 0.0113. The van der Waals surface area contributed by atoms with Crippen LogP contribution in [0.2, 0.25) is 0 Å². The van der Waals surface area contributed by atoms with Crippen molar-refractivity contribution in [2.45, 2.75) is 44.1 Å². The van der Waals surface area contributed by atoms with Crippen LogP contribution in [0.25, 0.3) is 0 Å². The molecule has 0 saturated carbocycles. The van der Waals surface area contributed by atoms with Crippen molar-refractivity contribution in [3.8, 4) is 0 Å². The average molecular weight is 477 g/mol. The van der Waals surface area contributed by atoms with Gasteiger partial charge in [-0.25, -0.2) is 4.39 Å². The Kier molecular flexibility index (Phi) is 6.11. The molecule has 0 aromatic heterocycles. The van der Waals surface area contributed by atoms with E-state index in [0.717, 1.165) is 12.1 Å². The molecule has 0 aliphatic carbocycles. The van der Waals surface area contributed by atoms with Crippen LogP contribution in [0.4, 0.5) is 17.6 Å². The van der Waals surface area contributed by atoms with E-state index < -0.39 is 54.1 Å². The minimum atomic E-state index is -4.61. The van der Waals surface area contributed by atoms with E-state index >= 15 is 0 Å². The summed E-state index contributed by atoms with van der Waals surface area (Å²) >= 11 is 0. The van der Waals surface area contributed by atoms with E-state index in [4.69, 9.17) is 0 Å². The molecule has 4 rings (SSSR count). The van der Waals surface area contributed by atoms with Crippen LogP contribution in [0, 0.1) is 5.82 Å². The van der Waals surface area contributed by atoms with Gasteiger partial charge < -0.3 is 10.2 Å². The number of rotatable bonds is 5. The van der Waals surface area contributed by atoms with Gasteiger partial charge in [0.15, 0.2) is 0 Å². The summed E-state index contributed by atoms with van der Waals surface area (Å²) in [5, 5.41) is 4.48. The molecule has 1 saturated heterocycles. The Balaban J connectivity index is 1.53. The van der Waals surface area contributed by atoms with Gasteiger partial charge in [-0.05, 0) is 47.9 Å². The summed E-state index contributed by atoms with van der Waals surface area (Å²) in [7, 11) is 0. The molecule has 0 spiro atoms. The van der Waals surface area contributed by atoms with Gasteiger partial charge in [0, 0.05) is 24.1 Å². The van der Waals surface area contributed by atoms with Crippen LogP contribution in [0.15, 0.2) is 42.5 Å². The van der Waals surface area contributed by atoms with E-state index in [1.807, 2.05) is 0 Å². The molecule has 2 aliphatic rings. The largest absolute Gasteiger partial charge is 0.391 e. The van der Waals surface area contributed by atoms with E-state index in [1.165, 1.54) is 35.2 Å². The molecule has 11 heteroatoms. The second-order valence-corrected chi connectivity index (χ2v) is 8.17. The molecule has 0 bridgehead atoms. The average Bonchev–Trinajstić information content (AvgIpc) is 3.08. The van der Waals surface area contributed by atoms with Crippen molar-refractivity contribution in [1.29, 1.82) is 0 Å². The Bertz CT molecular complexity index is 1180. The van der Waals surface area contributed by atoms with E-state index in [1.54, 1.807) is 0 Å². The van der Waals surface area contributed by atoms with Crippen molar-refractivity contribution in [1.82, 2.24) is 15.5 Å². The Morgan fingerprint density at radius 3 is 2.59 bits per heavy atom. The van der Waals surface area contributed by atoms with Crippen LogP contribution >= 0.6 is 0 Å². The molecule has 1 fully saturated rings. The molecule has 2 atom stereocenters. The molecule has 2 aromatic carbocycles. The van der Waals surface area contributed by atoms with Gasteiger partial charge in [0.05, 0.1) is 12.5 Å². The number of amides is 4. The summed E-state index contributed by atoms with van der Waals surface area (Å²) in [6.45, 7) is 0.0113. The summed E-state index contributed by atoms with van der Waals surface area (Å²) in [6.07, 6.45) is -5.75. The predicted molar refractivity (Wildman–Crippen MR) is 110 cm³/mol. The van der Waals surface area contributed by atoms with E-state index in [2.05, 4.69) is 10.6 Å². The van der Waals surface area contributed by atoms with Crippen molar-refractivity contribution in [3.63, 3.8) is 0 Å². The Morgan fingerprint density at radius 2 is 1.91 bits per heavy atom. The first-order valence-corrected chi connectivity index (χ1v) is 10.4.